The molecule has 0 unspecified atom stereocenters. The summed E-state index contributed by atoms with van der Waals surface area (Å²) in [6.45, 7) is 2.05. The van der Waals surface area contributed by atoms with E-state index in [4.69, 9.17) is 9.47 Å². The van der Waals surface area contributed by atoms with E-state index in [0.29, 0.717) is 11.4 Å². The third-order valence-electron chi connectivity index (χ3n) is 5.64. The molecule has 2 amide bonds. The Kier molecular flexibility index (Phi) is 6.61. The number of carbonyl (C=O) groups is 1. The first kappa shape index (κ1) is 21.7. The topological polar surface area (TPSA) is 80.7 Å². The lowest BCUT2D eigenvalue weighted by Gasteiger charge is -2.30. The van der Waals surface area contributed by atoms with Gasteiger partial charge in [0.25, 0.3) is 0 Å². The number of carbonyl (C=O) groups excluding carboxylic acids is 1. The van der Waals surface area contributed by atoms with Crippen molar-refractivity contribution in [2.45, 2.75) is 18.9 Å². The Hall–Kier alpha value is -3.52. The lowest BCUT2D eigenvalue weighted by atomic mass is 10.1. The molecular formula is C24H29N5O3. The van der Waals surface area contributed by atoms with E-state index in [1.807, 2.05) is 31.3 Å². The lowest BCUT2D eigenvalue weighted by Crippen LogP contribution is -2.35. The van der Waals surface area contributed by atoms with E-state index in [1.165, 1.54) is 0 Å². The number of amides is 2. The van der Waals surface area contributed by atoms with E-state index in [0.717, 1.165) is 48.7 Å². The van der Waals surface area contributed by atoms with Crippen LogP contribution in [0, 0.1) is 0 Å². The van der Waals surface area contributed by atoms with Gasteiger partial charge < -0.3 is 25.0 Å². The van der Waals surface area contributed by atoms with Crippen molar-refractivity contribution in [3.63, 3.8) is 0 Å². The van der Waals surface area contributed by atoms with E-state index in [-0.39, 0.29) is 12.1 Å². The number of rotatable bonds is 6. The van der Waals surface area contributed by atoms with Gasteiger partial charge >= 0.3 is 6.03 Å². The Bertz CT molecular complexity index is 1060. The van der Waals surface area contributed by atoms with Crippen molar-refractivity contribution in [1.82, 2.24) is 14.7 Å². The van der Waals surface area contributed by atoms with Crippen molar-refractivity contribution >= 4 is 17.4 Å². The number of nitrogens with one attached hydrogen (secondary N) is 2. The number of ether oxygens (including phenoxy) is 2. The van der Waals surface area contributed by atoms with Crippen LogP contribution in [0.25, 0.3) is 11.3 Å². The number of aromatic nitrogens is 2. The van der Waals surface area contributed by atoms with Gasteiger partial charge in [-0.05, 0) is 68.4 Å². The highest BCUT2D eigenvalue weighted by molar-refractivity contribution is 6.00. The second-order valence-electron chi connectivity index (χ2n) is 7.98. The molecule has 2 N–H and O–H groups in total. The maximum Gasteiger partial charge on any atom is 0.323 e. The number of methoxy groups -OCH3 is 1. The highest BCUT2D eigenvalue weighted by Gasteiger charge is 2.21. The number of likely N-dealkylation sites (tertiary alicyclic amines) is 1. The van der Waals surface area contributed by atoms with Crippen molar-refractivity contribution in [2.24, 2.45) is 7.05 Å². The molecule has 0 bridgehead atoms. The average molecular weight is 436 g/mol. The predicted octanol–water partition coefficient (Wildman–Crippen LogP) is 4.21. The summed E-state index contributed by atoms with van der Waals surface area (Å²) < 4.78 is 13.3. The zero-order valence-electron chi connectivity index (χ0n) is 18.7. The molecule has 3 aromatic rings. The highest BCUT2D eigenvalue weighted by Crippen LogP contribution is 2.34. The Labute approximate surface area is 188 Å². The van der Waals surface area contributed by atoms with Gasteiger partial charge in [0.05, 0.1) is 12.8 Å². The largest absolute Gasteiger partial charge is 0.497 e. The third-order valence-corrected chi connectivity index (χ3v) is 5.64. The number of benzene rings is 2. The molecule has 0 spiro atoms. The molecule has 168 valence electrons. The molecular weight excluding hydrogens is 406 g/mol. The Morgan fingerprint density at radius 1 is 1.00 bits per heavy atom. The fraction of sp³-hybridized carbons (Fsp3) is 0.333. The van der Waals surface area contributed by atoms with Crippen LogP contribution < -0.4 is 20.1 Å². The number of nitrogens with zero attached hydrogens (tertiary/aromatic N) is 3. The minimum atomic E-state index is -0.324. The average Bonchev–Trinajstić information content (AvgIpc) is 3.22. The molecule has 8 heteroatoms. The first-order valence-corrected chi connectivity index (χ1v) is 10.7. The number of piperidine rings is 1. The summed E-state index contributed by atoms with van der Waals surface area (Å²) in [4.78, 5) is 14.8. The number of hydrogen-bond acceptors (Lipinski definition) is 5. The second kappa shape index (κ2) is 9.74. The molecule has 1 aliphatic heterocycles. The summed E-state index contributed by atoms with van der Waals surface area (Å²) in [5, 5.41) is 10.0. The molecule has 0 aliphatic carbocycles. The molecule has 32 heavy (non-hydrogen) atoms. The Balaban J connectivity index is 1.51. The zero-order chi connectivity index (χ0) is 22.5. The van der Waals surface area contributed by atoms with Crippen LogP contribution in [0.15, 0.2) is 54.7 Å². The van der Waals surface area contributed by atoms with Gasteiger partial charge in [-0.1, -0.05) is 0 Å². The summed E-state index contributed by atoms with van der Waals surface area (Å²) in [5.41, 5.74) is 3.17. The normalized spacial score (nSPS) is 14.7. The number of aryl methyl sites for hydroxylation is 1. The molecule has 1 aromatic heterocycles. The molecule has 0 radical (unpaired) electrons. The molecule has 0 saturated carbocycles. The van der Waals surface area contributed by atoms with Crippen molar-refractivity contribution < 1.29 is 14.3 Å². The van der Waals surface area contributed by atoms with Gasteiger partial charge in [-0.3, -0.25) is 4.68 Å². The molecule has 1 fully saturated rings. The minimum Gasteiger partial charge on any atom is -0.497 e. The predicted molar refractivity (Wildman–Crippen MR) is 125 cm³/mol. The molecule has 8 nitrogen and oxygen atoms in total. The summed E-state index contributed by atoms with van der Waals surface area (Å²) >= 11 is 0. The summed E-state index contributed by atoms with van der Waals surface area (Å²) in [6.07, 6.45) is 3.91. The maximum atomic E-state index is 12.5. The number of anilines is 2. The van der Waals surface area contributed by atoms with Crippen LogP contribution in [0.3, 0.4) is 0 Å². The van der Waals surface area contributed by atoms with E-state index in [1.54, 1.807) is 42.3 Å². The van der Waals surface area contributed by atoms with Crippen LogP contribution in [0.2, 0.25) is 0 Å². The van der Waals surface area contributed by atoms with Crippen molar-refractivity contribution in [3.05, 3.63) is 54.7 Å². The van der Waals surface area contributed by atoms with Crippen LogP contribution in [0.5, 0.6) is 11.5 Å². The fourth-order valence-electron chi connectivity index (χ4n) is 3.80. The van der Waals surface area contributed by atoms with Gasteiger partial charge in [-0.15, -0.1) is 0 Å². The summed E-state index contributed by atoms with van der Waals surface area (Å²) in [5.74, 6) is 1.53. The van der Waals surface area contributed by atoms with Crippen LogP contribution in [-0.2, 0) is 7.05 Å². The second-order valence-corrected chi connectivity index (χ2v) is 7.98. The standard InChI is InChI=1S/C24H29N5O3/c1-28-14-11-20(12-15-28)32-23-9-6-18(16-21(23)22-10-13-25-29(22)2)27-24(30)26-17-4-7-19(31-3)8-5-17/h4-10,13,16,20H,11-12,14-15H2,1-3H3,(H2,26,27,30). The summed E-state index contributed by atoms with van der Waals surface area (Å²) in [7, 11) is 5.63. The molecule has 0 atom stereocenters. The van der Waals surface area contributed by atoms with Crippen LogP contribution >= 0.6 is 0 Å². The van der Waals surface area contributed by atoms with Gasteiger partial charge in [0.1, 0.15) is 17.6 Å². The first-order chi connectivity index (χ1) is 15.5. The minimum absolute atomic E-state index is 0.176. The molecule has 1 aliphatic rings. The van der Waals surface area contributed by atoms with E-state index in [9.17, 15) is 4.79 Å². The third kappa shape index (κ3) is 5.20. The first-order valence-electron chi connectivity index (χ1n) is 10.7. The number of urea groups is 1. The van der Waals surface area contributed by atoms with Gasteiger partial charge in [-0.25, -0.2) is 4.79 Å². The smallest absolute Gasteiger partial charge is 0.323 e. The highest BCUT2D eigenvalue weighted by atomic mass is 16.5. The molecule has 2 heterocycles. The lowest BCUT2D eigenvalue weighted by molar-refractivity contribution is 0.115. The molecule has 4 rings (SSSR count). The quantitative estimate of drug-likeness (QED) is 0.606. The number of hydrogen-bond donors (Lipinski definition) is 2. The van der Waals surface area contributed by atoms with Gasteiger partial charge in [-0.2, -0.15) is 5.10 Å². The van der Waals surface area contributed by atoms with Gasteiger partial charge in [0.15, 0.2) is 0 Å². The monoisotopic (exact) mass is 435 g/mol. The van der Waals surface area contributed by atoms with E-state index < -0.39 is 0 Å². The van der Waals surface area contributed by atoms with E-state index >= 15 is 0 Å². The fourth-order valence-corrected chi connectivity index (χ4v) is 3.80. The SMILES string of the molecule is COc1ccc(NC(=O)Nc2ccc(OC3CCN(C)CC3)c(-c3ccnn3C)c2)cc1. The van der Waals surface area contributed by atoms with Crippen LogP contribution in [0.4, 0.5) is 16.2 Å². The molecule has 1 saturated heterocycles. The van der Waals surface area contributed by atoms with E-state index in [2.05, 4.69) is 27.7 Å². The zero-order valence-corrected chi connectivity index (χ0v) is 18.7. The van der Waals surface area contributed by atoms with Crippen molar-refractivity contribution in [3.8, 4) is 22.8 Å². The summed E-state index contributed by atoms with van der Waals surface area (Å²) in [6, 6.07) is 14.5. The van der Waals surface area contributed by atoms with Crippen molar-refractivity contribution in [2.75, 3.05) is 37.9 Å². The van der Waals surface area contributed by atoms with Crippen LogP contribution in [-0.4, -0.2) is 54.1 Å². The van der Waals surface area contributed by atoms with Gasteiger partial charge in [0.2, 0.25) is 0 Å². The Morgan fingerprint density at radius 3 is 2.34 bits per heavy atom. The van der Waals surface area contributed by atoms with Crippen LogP contribution in [0.1, 0.15) is 12.8 Å². The molecule has 2 aromatic carbocycles. The maximum absolute atomic E-state index is 12.5. The Morgan fingerprint density at radius 2 is 1.69 bits per heavy atom. The van der Waals surface area contributed by atoms with Crippen molar-refractivity contribution in [1.29, 1.82) is 0 Å². The van der Waals surface area contributed by atoms with Gasteiger partial charge in [0, 0.05) is 43.3 Å².